The molecule has 2 saturated carbocycles. The molecule has 2 aliphatic rings. The molecule has 1 unspecified atom stereocenters. The molecule has 18 heavy (non-hydrogen) atoms. The highest BCUT2D eigenvalue weighted by Crippen LogP contribution is 2.52. The van der Waals surface area contributed by atoms with Gasteiger partial charge in [0.15, 0.2) is 0 Å². The summed E-state index contributed by atoms with van der Waals surface area (Å²) in [7, 11) is 0. The van der Waals surface area contributed by atoms with Crippen molar-refractivity contribution in [2.45, 2.75) is 57.9 Å². The van der Waals surface area contributed by atoms with E-state index in [1.165, 1.54) is 44.9 Å². The van der Waals surface area contributed by atoms with Crippen LogP contribution in [0.3, 0.4) is 0 Å². The first kappa shape index (κ1) is 12.0. The van der Waals surface area contributed by atoms with Gasteiger partial charge in [0.05, 0.1) is 0 Å². The van der Waals surface area contributed by atoms with Gasteiger partial charge in [-0.15, -0.1) is 0 Å². The molecule has 0 heterocycles. The predicted molar refractivity (Wildman–Crippen MR) is 73.3 cm³/mol. The summed E-state index contributed by atoms with van der Waals surface area (Å²) in [5.41, 5.74) is 2.48. The first-order valence-electron chi connectivity index (χ1n) is 7.22. The van der Waals surface area contributed by atoms with Gasteiger partial charge in [-0.1, -0.05) is 19.3 Å². The smallest absolute Gasteiger partial charge is 0.125 e. The van der Waals surface area contributed by atoms with Gasteiger partial charge in [-0.05, 0) is 61.8 Å². The highest BCUT2D eigenvalue weighted by molar-refractivity contribution is 5.47. The number of halogens is 1. The summed E-state index contributed by atoms with van der Waals surface area (Å²) in [6.45, 7) is 1.95. The van der Waals surface area contributed by atoms with Crippen LogP contribution in [0, 0.1) is 18.2 Å². The van der Waals surface area contributed by atoms with Crippen LogP contribution >= 0.6 is 0 Å². The normalized spacial score (nSPS) is 25.8. The molecule has 0 amide bonds. The Kier molecular flexibility index (Phi) is 3.04. The van der Waals surface area contributed by atoms with Crippen LogP contribution in [0.2, 0.25) is 0 Å². The van der Waals surface area contributed by atoms with E-state index in [1.54, 1.807) is 12.1 Å². The molecule has 0 saturated heterocycles. The molecule has 3 rings (SSSR count). The Morgan fingerprint density at radius 3 is 2.50 bits per heavy atom. The fraction of sp³-hybridized carbons (Fsp3) is 0.625. The molecule has 2 aliphatic carbocycles. The molecule has 0 aliphatic heterocycles. The SMILES string of the molecule is Cc1cc(F)cc(NC2CCC23CCCCC3)c1. The van der Waals surface area contributed by atoms with Crippen LogP contribution in [0.25, 0.3) is 0 Å². The van der Waals surface area contributed by atoms with E-state index in [-0.39, 0.29) is 5.82 Å². The van der Waals surface area contributed by atoms with Crippen molar-refractivity contribution in [3.8, 4) is 0 Å². The van der Waals surface area contributed by atoms with Crippen molar-refractivity contribution >= 4 is 5.69 Å². The van der Waals surface area contributed by atoms with Crippen molar-refractivity contribution in [1.29, 1.82) is 0 Å². The Bertz CT molecular complexity index is 414. The largest absolute Gasteiger partial charge is 0.382 e. The molecule has 1 aromatic rings. The zero-order chi connectivity index (χ0) is 12.6. The second kappa shape index (κ2) is 4.56. The van der Waals surface area contributed by atoms with Gasteiger partial charge in [-0.3, -0.25) is 0 Å². The van der Waals surface area contributed by atoms with E-state index < -0.39 is 0 Å². The van der Waals surface area contributed by atoms with Gasteiger partial charge in [0.2, 0.25) is 0 Å². The maximum absolute atomic E-state index is 13.4. The molecule has 0 radical (unpaired) electrons. The Balaban J connectivity index is 1.72. The van der Waals surface area contributed by atoms with E-state index in [0.717, 1.165) is 11.3 Å². The molecule has 1 nitrogen and oxygen atoms in total. The highest BCUT2D eigenvalue weighted by Gasteiger charge is 2.46. The number of aryl methyl sites for hydroxylation is 1. The Morgan fingerprint density at radius 1 is 1.11 bits per heavy atom. The van der Waals surface area contributed by atoms with Crippen LogP contribution in [-0.2, 0) is 0 Å². The average Bonchev–Trinajstić information content (AvgIpc) is 2.35. The summed E-state index contributed by atoms with van der Waals surface area (Å²) in [6.07, 6.45) is 9.47. The Labute approximate surface area is 109 Å². The Hall–Kier alpha value is -1.05. The van der Waals surface area contributed by atoms with Crippen molar-refractivity contribution < 1.29 is 4.39 Å². The van der Waals surface area contributed by atoms with Gasteiger partial charge >= 0.3 is 0 Å². The Morgan fingerprint density at radius 2 is 1.89 bits per heavy atom. The monoisotopic (exact) mass is 247 g/mol. The molecular weight excluding hydrogens is 225 g/mol. The fourth-order valence-electron chi connectivity index (χ4n) is 3.80. The van der Waals surface area contributed by atoms with Gasteiger partial charge in [0.1, 0.15) is 5.82 Å². The third-order valence-electron chi connectivity index (χ3n) is 4.90. The van der Waals surface area contributed by atoms with Crippen LogP contribution < -0.4 is 5.32 Å². The number of rotatable bonds is 2. The molecule has 98 valence electrons. The minimum atomic E-state index is -0.130. The van der Waals surface area contributed by atoms with E-state index >= 15 is 0 Å². The third kappa shape index (κ3) is 2.13. The lowest BCUT2D eigenvalue weighted by molar-refractivity contribution is 0.0571. The molecule has 1 N–H and O–H groups in total. The summed E-state index contributed by atoms with van der Waals surface area (Å²) in [6, 6.07) is 5.83. The third-order valence-corrected chi connectivity index (χ3v) is 4.90. The predicted octanol–water partition coefficient (Wildman–Crippen LogP) is 4.66. The number of hydrogen-bond acceptors (Lipinski definition) is 1. The number of benzene rings is 1. The zero-order valence-electron chi connectivity index (χ0n) is 11.1. The lowest BCUT2D eigenvalue weighted by atomic mass is 9.57. The van der Waals surface area contributed by atoms with Crippen molar-refractivity contribution in [1.82, 2.24) is 0 Å². The lowest BCUT2D eigenvalue weighted by Crippen LogP contribution is -2.50. The average molecular weight is 247 g/mol. The lowest BCUT2D eigenvalue weighted by Gasteiger charge is -2.52. The van der Waals surface area contributed by atoms with E-state index in [0.29, 0.717) is 11.5 Å². The molecule has 1 atom stereocenters. The molecule has 0 bridgehead atoms. The minimum Gasteiger partial charge on any atom is -0.382 e. The topological polar surface area (TPSA) is 12.0 Å². The van der Waals surface area contributed by atoms with Gasteiger partial charge in [0.25, 0.3) is 0 Å². The first-order chi connectivity index (χ1) is 8.68. The molecule has 2 fully saturated rings. The van der Waals surface area contributed by atoms with E-state index in [9.17, 15) is 4.39 Å². The van der Waals surface area contributed by atoms with Crippen LogP contribution in [-0.4, -0.2) is 6.04 Å². The van der Waals surface area contributed by atoms with E-state index in [2.05, 4.69) is 11.4 Å². The fourth-order valence-corrected chi connectivity index (χ4v) is 3.80. The summed E-state index contributed by atoms with van der Waals surface area (Å²) in [5, 5.41) is 3.58. The van der Waals surface area contributed by atoms with Gasteiger partial charge in [-0.2, -0.15) is 0 Å². The van der Waals surface area contributed by atoms with Crippen molar-refractivity contribution in [3.05, 3.63) is 29.6 Å². The van der Waals surface area contributed by atoms with Crippen molar-refractivity contribution in [2.24, 2.45) is 5.41 Å². The molecule has 1 aromatic carbocycles. The second-order valence-corrected chi connectivity index (χ2v) is 6.18. The zero-order valence-corrected chi connectivity index (χ0v) is 11.1. The first-order valence-corrected chi connectivity index (χ1v) is 7.22. The molecular formula is C16H22FN. The summed E-state index contributed by atoms with van der Waals surface area (Å²) >= 11 is 0. The van der Waals surface area contributed by atoms with Crippen molar-refractivity contribution in [2.75, 3.05) is 5.32 Å². The van der Waals surface area contributed by atoms with Gasteiger partial charge < -0.3 is 5.32 Å². The van der Waals surface area contributed by atoms with Crippen molar-refractivity contribution in [3.63, 3.8) is 0 Å². The quantitative estimate of drug-likeness (QED) is 0.801. The summed E-state index contributed by atoms with van der Waals surface area (Å²) in [4.78, 5) is 0. The molecule has 0 aromatic heterocycles. The van der Waals surface area contributed by atoms with Crippen LogP contribution in [0.15, 0.2) is 18.2 Å². The number of nitrogens with one attached hydrogen (secondary N) is 1. The summed E-state index contributed by atoms with van der Waals surface area (Å²) in [5.74, 6) is -0.130. The summed E-state index contributed by atoms with van der Waals surface area (Å²) < 4.78 is 13.4. The minimum absolute atomic E-state index is 0.130. The van der Waals surface area contributed by atoms with Gasteiger partial charge in [0, 0.05) is 11.7 Å². The highest BCUT2D eigenvalue weighted by atomic mass is 19.1. The maximum Gasteiger partial charge on any atom is 0.125 e. The standard InChI is InChI=1S/C16H22FN/c1-12-9-13(17)11-14(10-12)18-15-5-8-16(15)6-3-2-4-7-16/h9-11,15,18H,2-8H2,1H3. The van der Waals surface area contributed by atoms with Crippen LogP contribution in [0.4, 0.5) is 10.1 Å². The number of hydrogen-bond donors (Lipinski definition) is 1. The van der Waals surface area contributed by atoms with E-state index in [4.69, 9.17) is 0 Å². The second-order valence-electron chi connectivity index (χ2n) is 6.18. The van der Waals surface area contributed by atoms with Gasteiger partial charge in [-0.25, -0.2) is 4.39 Å². The maximum atomic E-state index is 13.4. The number of anilines is 1. The van der Waals surface area contributed by atoms with Crippen LogP contribution in [0.5, 0.6) is 0 Å². The van der Waals surface area contributed by atoms with E-state index in [1.807, 2.05) is 6.92 Å². The molecule has 2 heteroatoms. The molecule has 1 spiro atoms. The van der Waals surface area contributed by atoms with Crippen LogP contribution in [0.1, 0.15) is 50.5 Å².